The second kappa shape index (κ2) is 12.7. The van der Waals surface area contributed by atoms with Gasteiger partial charge in [0.15, 0.2) is 18.2 Å². The highest BCUT2D eigenvalue weighted by Crippen LogP contribution is 2.42. The van der Waals surface area contributed by atoms with Crippen molar-refractivity contribution in [2.75, 3.05) is 6.61 Å². The molecule has 43 heavy (non-hydrogen) atoms. The quantitative estimate of drug-likeness (QED) is 0.224. The Hall–Kier alpha value is -3.34. The summed E-state index contributed by atoms with van der Waals surface area (Å²) >= 11 is 0. The molecule has 2 aromatic carbocycles. The van der Waals surface area contributed by atoms with Gasteiger partial charge in [-0.15, -0.1) is 0 Å². The molecule has 0 aliphatic carbocycles. The lowest BCUT2D eigenvalue weighted by Gasteiger charge is -2.45. The van der Waals surface area contributed by atoms with E-state index in [1.54, 1.807) is 24.3 Å². The Bertz CT molecular complexity index is 1300. The van der Waals surface area contributed by atoms with Crippen LogP contribution in [-0.2, 0) is 23.7 Å². The highest BCUT2D eigenvalue weighted by atomic mass is 16.8. The number of fused-ring (bicyclic) bond motifs is 1. The monoisotopic (exact) mass is 606 g/mol. The van der Waals surface area contributed by atoms with Gasteiger partial charge in [0, 0.05) is 19.1 Å². The van der Waals surface area contributed by atoms with E-state index in [-0.39, 0.29) is 29.3 Å². The summed E-state index contributed by atoms with van der Waals surface area (Å²) in [6.07, 6.45) is -15.9. The Balaban J connectivity index is 1.43. The Morgan fingerprint density at radius 1 is 0.930 bits per heavy atom. The molecule has 0 saturated carbocycles. The number of ketones is 1. The topological polar surface area (TPSA) is 211 Å². The van der Waals surface area contributed by atoms with Crippen LogP contribution in [0.5, 0.6) is 17.2 Å². The number of esters is 1. The molecule has 14 heteroatoms. The maximum atomic E-state index is 12.9. The summed E-state index contributed by atoms with van der Waals surface area (Å²) in [5.41, 5.74) is 0.703. The number of carbonyl (C=O) groups excluding carboxylic acids is 2. The molecule has 0 unspecified atom stereocenters. The molecule has 0 aromatic heterocycles. The number of benzene rings is 2. The zero-order chi connectivity index (χ0) is 31.0. The fourth-order valence-corrected chi connectivity index (χ4v) is 5.23. The van der Waals surface area contributed by atoms with Crippen LogP contribution in [0.1, 0.15) is 42.3 Å². The van der Waals surface area contributed by atoms with Crippen LogP contribution in [0, 0.1) is 0 Å². The third kappa shape index (κ3) is 6.46. The van der Waals surface area contributed by atoms with Crippen LogP contribution in [0.2, 0.25) is 0 Å². The van der Waals surface area contributed by atoms with Gasteiger partial charge >= 0.3 is 5.97 Å². The molecule has 3 aliphatic rings. The molecular formula is C29H34O14. The van der Waals surface area contributed by atoms with Crippen LogP contribution in [0.25, 0.3) is 0 Å². The van der Waals surface area contributed by atoms with Gasteiger partial charge in [-0.3, -0.25) is 9.59 Å². The fraction of sp³-hybridized carbons (Fsp3) is 0.517. The zero-order valence-corrected chi connectivity index (χ0v) is 23.3. The summed E-state index contributed by atoms with van der Waals surface area (Å²) in [5, 5.41) is 63.2. The predicted molar refractivity (Wildman–Crippen MR) is 142 cm³/mol. The number of rotatable bonds is 7. The third-order valence-corrected chi connectivity index (χ3v) is 7.59. The van der Waals surface area contributed by atoms with Crippen molar-refractivity contribution in [2.24, 2.45) is 0 Å². The van der Waals surface area contributed by atoms with E-state index in [1.165, 1.54) is 13.0 Å². The zero-order valence-electron chi connectivity index (χ0n) is 23.3. The van der Waals surface area contributed by atoms with Gasteiger partial charge in [-0.25, -0.2) is 0 Å². The number of aromatic hydroxyl groups is 1. The molecule has 0 bridgehead atoms. The maximum Gasteiger partial charge on any atom is 0.302 e. The number of ether oxygens (including phenoxy) is 6. The van der Waals surface area contributed by atoms with Gasteiger partial charge in [-0.05, 0) is 12.5 Å². The van der Waals surface area contributed by atoms with Crippen LogP contribution >= 0.6 is 0 Å². The second-order valence-corrected chi connectivity index (χ2v) is 10.7. The number of hydrogen-bond acceptors (Lipinski definition) is 14. The Morgan fingerprint density at radius 3 is 2.35 bits per heavy atom. The van der Waals surface area contributed by atoms with Crippen LogP contribution in [0.3, 0.4) is 0 Å². The molecule has 11 atom stereocenters. The van der Waals surface area contributed by atoms with Gasteiger partial charge in [0.05, 0.1) is 12.5 Å². The number of hydrogen-bond donors (Lipinski definition) is 6. The summed E-state index contributed by atoms with van der Waals surface area (Å²) in [5.74, 6) is -1.52. The summed E-state index contributed by atoms with van der Waals surface area (Å²) in [6.45, 7) is 2.12. The Morgan fingerprint density at radius 2 is 1.65 bits per heavy atom. The summed E-state index contributed by atoms with van der Waals surface area (Å²) in [4.78, 5) is 24.3. The number of phenols is 1. The molecule has 2 aromatic rings. The van der Waals surface area contributed by atoms with Crippen molar-refractivity contribution in [3.63, 3.8) is 0 Å². The van der Waals surface area contributed by atoms with E-state index in [4.69, 9.17) is 28.4 Å². The standard InChI is InChI=1S/C29H34O14/c1-12-22(33)24(35)26(37)28(39-12)43-27-25(36)23(34)20(11-38-13(2)30)42-29(27)40-15-8-16(31)21-17(32)10-18(41-19(21)9-15)14-6-4-3-5-7-14/h3-9,12,18,20,22-29,31,33-37H,10-11H2,1-2H3/t12-,18-,20-,22-,23-,24-,25-,26-,27+,28-,29+/m0/s1. The number of aliphatic hydroxyl groups excluding tert-OH is 5. The summed E-state index contributed by atoms with van der Waals surface area (Å²) in [7, 11) is 0. The van der Waals surface area contributed by atoms with Crippen molar-refractivity contribution in [3.8, 4) is 17.2 Å². The predicted octanol–water partition coefficient (Wildman–Crippen LogP) is -0.300. The van der Waals surface area contributed by atoms with Gasteiger partial charge in [0.2, 0.25) is 6.29 Å². The molecule has 0 radical (unpaired) electrons. The average molecular weight is 607 g/mol. The van der Waals surface area contributed by atoms with Crippen molar-refractivity contribution in [1.29, 1.82) is 0 Å². The molecule has 0 amide bonds. The molecule has 5 rings (SSSR count). The highest BCUT2D eigenvalue weighted by Gasteiger charge is 2.51. The van der Waals surface area contributed by atoms with E-state index < -0.39 is 85.8 Å². The third-order valence-electron chi connectivity index (χ3n) is 7.59. The van der Waals surface area contributed by atoms with E-state index in [1.807, 2.05) is 6.07 Å². The largest absolute Gasteiger partial charge is 0.507 e. The minimum absolute atomic E-state index is 0.00295. The van der Waals surface area contributed by atoms with E-state index >= 15 is 0 Å². The molecule has 3 heterocycles. The van der Waals surface area contributed by atoms with Crippen LogP contribution in [0.4, 0.5) is 0 Å². The molecule has 234 valence electrons. The fourth-order valence-electron chi connectivity index (χ4n) is 5.23. The SMILES string of the molecule is CC(=O)OC[C@@H]1O[C@@H](Oc2cc(O)c3c(c2)O[C@H](c2ccccc2)CC3=O)[C@H](O[C@@H]2O[C@@H](C)[C@H](O)[C@H](O)[C@@H]2O)[C@@H](O)[C@H]1O. The van der Waals surface area contributed by atoms with Crippen molar-refractivity contribution in [1.82, 2.24) is 0 Å². The lowest BCUT2D eigenvalue weighted by atomic mass is 9.95. The Kier molecular flexibility index (Phi) is 9.20. The first-order valence-corrected chi connectivity index (χ1v) is 13.7. The van der Waals surface area contributed by atoms with Crippen molar-refractivity contribution in [2.45, 2.75) is 87.8 Å². The molecule has 6 N–H and O–H groups in total. The molecule has 2 saturated heterocycles. The van der Waals surface area contributed by atoms with Crippen molar-refractivity contribution < 1.29 is 68.6 Å². The van der Waals surface area contributed by atoms with E-state index in [0.717, 1.165) is 18.6 Å². The average Bonchev–Trinajstić information content (AvgIpc) is 2.97. The van der Waals surface area contributed by atoms with Gasteiger partial charge < -0.3 is 59.1 Å². The first kappa shape index (κ1) is 31.1. The summed E-state index contributed by atoms with van der Waals surface area (Å²) < 4.78 is 34.0. The van der Waals surface area contributed by atoms with Gasteiger partial charge in [-0.2, -0.15) is 0 Å². The van der Waals surface area contributed by atoms with E-state index in [2.05, 4.69) is 0 Å². The lowest BCUT2D eigenvalue weighted by molar-refractivity contribution is -0.354. The molecule has 14 nitrogen and oxygen atoms in total. The Labute approximate surface area is 245 Å². The first-order chi connectivity index (χ1) is 20.4. The van der Waals surface area contributed by atoms with Gasteiger partial charge in [-0.1, -0.05) is 30.3 Å². The number of aliphatic hydroxyl groups is 5. The van der Waals surface area contributed by atoms with Gasteiger partial charge in [0.1, 0.15) is 72.1 Å². The van der Waals surface area contributed by atoms with Crippen LogP contribution in [-0.4, -0.2) is 110 Å². The van der Waals surface area contributed by atoms with Crippen LogP contribution < -0.4 is 9.47 Å². The molecule has 2 fully saturated rings. The molecular weight excluding hydrogens is 572 g/mol. The minimum atomic E-state index is -1.76. The first-order valence-electron chi connectivity index (χ1n) is 13.7. The smallest absolute Gasteiger partial charge is 0.302 e. The van der Waals surface area contributed by atoms with E-state index in [0.29, 0.717) is 0 Å². The number of carbonyl (C=O) groups is 2. The van der Waals surface area contributed by atoms with E-state index in [9.17, 15) is 40.2 Å². The normalized spacial score (nSPS) is 35.9. The van der Waals surface area contributed by atoms with Crippen molar-refractivity contribution >= 4 is 11.8 Å². The number of phenolic OH excluding ortho intramolecular Hbond substituents is 1. The second-order valence-electron chi connectivity index (χ2n) is 10.7. The number of Topliss-reactive ketones (excluding diaryl/α,β-unsaturated/α-hetero) is 1. The molecule has 0 spiro atoms. The minimum Gasteiger partial charge on any atom is -0.507 e. The highest BCUT2D eigenvalue weighted by molar-refractivity contribution is 6.02. The summed E-state index contributed by atoms with van der Waals surface area (Å²) in [6, 6.07) is 11.5. The molecule has 3 aliphatic heterocycles. The van der Waals surface area contributed by atoms with Crippen LogP contribution in [0.15, 0.2) is 42.5 Å². The van der Waals surface area contributed by atoms with Gasteiger partial charge in [0.25, 0.3) is 0 Å². The van der Waals surface area contributed by atoms with Crippen molar-refractivity contribution in [3.05, 3.63) is 53.6 Å². The lowest BCUT2D eigenvalue weighted by Crippen LogP contribution is -2.64. The maximum absolute atomic E-state index is 12.9.